The van der Waals surface area contributed by atoms with E-state index in [1.807, 2.05) is 25.1 Å². The van der Waals surface area contributed by atoms with E-state index >= 15 is 0 Å². The van der Waals surface area contributed by atoms with Gasteiger partial charge in [-0.05, 0) is 37.3 Å². The third kappa shape index (κ3) is 4.06. The molecule has 4 rings (SSSR count). The van der Waals surface area contributed by atoms with Crippen LogP contribution in [0.3, 0.4) is 0 Å². The number of pyridine rings is 1. The maximum atomic E-state index is 13.2. The summed E-state index contributed by atoms with van der Waals surface area (Å²) >= 11 is 7.33. The minimum atomic E-state index is -0.489. The molecule has 9 heteroatoms. The first kappa shape index (κ1) is 20.4. The van der Waals surface area contributed by atoms with Gasteiger partial charge in [0.2, 0.25) is 0 Å². The van der Waals surface area contributed by atoms with Crippen LogP contribution in [0.5, 0.6) is 0 Å². The van der Waals surface area contributed by atoms with Gasteiger partial charge in [-0.3, -0.25) is 14.6 Å². The summed E-state index contributed by atoms with van der Waals surface area (Å²) in [7, 11) is 0. The lowest BCUT2D eigenvalue weighted by molar-refractivity contribution is 0.0537. The van der Waals surface area contributed by atoms with Crippen LogP contribution < -0.4 is 0 Å². The molecule has 2 aromatic heterocycles. The fourth-order valence-corrected chi connectivity index (χ4v) is 4.54. The minimum Gasteiger partial charge on any atom is -0.335 e. The van der Waals surface area contributed by atoms with E-state index in [1.165, 1.54) is 23.5 Å². The molecule has 2 amide bonds. The maximum absolute atomic E-state index is 13.2. The smallest absolute Gasteiger partial charge is 0.265 e. The first-order chi connectivity index (χ1) is 14.4. The summed E-state index contributed by atoms with van der Waals surface area (Å²) in [4.78, 5) is 38.4. The number of nitrogens with zero attached hydrogens (tertiary/aromatic N) is 4. The number of aromatic nitrogens is 2. The van der Waals surface area contributed by atoms with E-state index in [0.29, 0.717) is 41.8 Å². The van der Waals surface area contributed by atoms with E-state index in [9.17, 15) is 14.0 Å². The molecule has 3 heterocycles. The monoisotopic (exact) mass is 444 g/mol. The van der Waals surface area contributed by atoms with Gasteiger partial charge >= 0.3 is 0 Å². The first-order valence-electron chi connectivity index (χ1n) is 9.36. The largest absolute Gasteiger partial charge is 0.335 e. The van der Waals surface area contributed by atoms with Gasteiger partial charge in [-0.15, -0.1) is 11.3 Å². The Balaban J connectivity index is 1.44. The molecule has 0 N–H and O–H groups in total. The summed E-state index contributed by atoms with van der Waals surface area (Å²) in [6, 6.07) is 9.29. The number of rotatable bonds is 3. The number of piperazine rings is 1. The molecule has 0 atom stereocenters. The number of halogens is 2. The molecule has 0 spiro atoms. The first-order valence-corrected chi connectivity index (χ1v) is 10.6. The second-order valence-electron chi connectivity index (χ2n) is 6.86. The Morgan fingerprint density at radius 3 is 2.40 bits per heavy atom. The number of benzene rings is 1. The van der Waals surface area contributed by atoms with Crippen molar-refractivity contribution in [1.29, 1.82) is 0 Å². The molecule has 1 saturated heterocycles. The summed E-state index contributed by atoms with van der Waals surface area (Å²) in [5.74, 6) is -0.852. The van der Waals surface area contributed by atoms with Crippen LogP contribution in [0.1, 0.15) is 25.7 Å². The number of carbonyl (C=O) groups excluding carboxylic acids is 2. The predicted molar refractivity (Wildman–Crippen MR) is 113 cm³/mol. The van der Waals surface area contributed by atoms with E-state index in [2.05, 4.69) is 9.97 Å². The Kier molecular flexibility index (Phi) is 5.78. The van der Waals surface area contributed by atoms with Crippen molar-refractivity contribution in [3.8, 4) is 10.7 Å². The topological polar surface area (TPSA) is 66.4 Å². The van der Waals surface area contributed by atoms with Crippen molar-refractivity contribution in [2.75, 3.05) is 26.2 Å². The fourth-order valence-electron chi connectivity index (χ4n) is 3.28. The summed E-state index contributed by atoms with van der Waals surface area (Å²) in [5.41, 5.74) is 1.66. The molecule has 0 bridgehead atoms. The van der Waals surface area contributed by atoms with Crippen molar-refractivity contribution >= 4 is 34.8 Å². The standard InChI is InChI=1S/C21H18ClFN4O2S/c1-13-18(30-19(25-13)17-4-2-3-7-24-17)21(29)27-10-8-26(9-11-27)20(28)15-6-5-14(23)12-16(15)22/h2-7,12H,8-11H2,1H3. The SMILES string of the molecule is Cc1nc(-c2ccccn2)sc1C(=O)N1CCN(C(=O)c2ccc(F)cc2Cl)CC1. The zero-order valence-electron chi connectivity index (χ0n) is 16.1. The van der Waals surface area contributed by atoms with Gasteiger partial charge in [0.25, 0.3) is 11.8 Å². The lowest BCUT2D eigenvalue weighted by Gasteiger charge is -2.34. The highest BCUT2D eigenvalue weighted by Gasteiger charge is 2.28. The molecule has 6 nitrogen and oxygen atoms in total. The van der Waals surface area contributed by atoms with Gasteiger partial charge in [0.15, 0.2) is 0 Å². The molecule has 0 radical (unpaired) electrons. The highest BCUT2D eigenvalue weighted by Crippen LogP contribution is 2.28. The Hall–Kier alpha value is -2.84. The molecule has 1 aliphatic heterocycles. The highest BCUT2D eigenvalue weighted by molar-refractivity contribution is 7.17. The number of amides is 2. The van der Waals surface area contributed by atoms with Crippen molar-refractivity contribution in [2.45, 2.75) is 6.92 Å². The number of aryl methyl sites for hydroxylation is 1. The molecule has 1 fully saturated rings. The van der Waals surface area contributed by atoms with Crippen LogP contribution in [0.2, 0.25) is 5.02 Å². The van der Waals surface area contributed by atoms with Gasteiger partial charge in [0, 0.05) is 32.4 Å². The Bertz CT molecular complexity index is 1100. The average Bonchev–Trinajstić information content (AvgIpc) is 3.15. The van der Waals surface area contributed by atoms with E-state index in [0.717, 1.165) is 11.8 Å². The number of carbonyl (C=O) groups is 2. The van der Waals surface area contributed by atoms with Crippen molar-refractivity contribution in [2.24, 2.45) is 0 Å². The maximum Gasteiger partial charge on any atom is 0.265 e. The van der Waals surface area contributed by atoms with Crippen LogP contribution >= 0.6 is 22.9 Å². The third-order valence-electron chi connectivity index (χ3n) is 4.89. The van der Waals surface area contributed by atoms with Crippen molar-refractivity contribution in [3.63, 3.8) is 0 Å². The third-order valence-corrected chi connectivity index (χ3v) is 6.37. The summed E-state index contributed by atoms with van der Waals surface area (Å²) in [6.45, 7) is 3.37. The molecule has 1 aromatic carbocycles. The van der Waals surface area contributed by atoms with Crippen LogP contribution in [0.15, 0.2) is 42.6 Å². The summed E-state index contributed by atoms with van der Waals surface area (Å²) in [5, 5.41) is 0.789. The quantitative estimate of drug-likeness (QED) is 0.614. The predicted octanol–water partition coefficient (Wildman–Crippen LogP) is 3.90. The normalized spacial score (nSPS) is 14.1. The zero-order valence-corrected chi connectivity index (χ0v) is 17.7. The van der Waals surface area contributed by atoms with Crippen LogP contribution in [0, 0.1) is 12.7 Å². The summed E-state index contributed by atoms with van der Waals surface area (Å²) < 4.78 is 13.2. The lowest BCUT2D eigenvalue weighted by Crippen LogP contribution is -2.50. The lowest BCUT2D eigenvalue weighted by atomic mass is 10.1. The Morgan fingerprint density at radius 2 is 1.77 bits per heavy atom. The minimum absolute atomic E-state index is 0.0841. The zero-order chi connectivity index (χ0) is 21.3. The van der Waals surface area contributed by atoms with Gasteiger partial charge in [-0.1, -0.05) is 17.7 Å². The fraction of sp³-hybridized carbons (Fsp3) is 0.238. The van der Waals surface area contributed by atoms with E-state index < -0.39 is 5.82 Å². The molecular weight excluding hydrogens is 427 g/mol. The second kappa shape index (κ2) is 8.49. The molecule has 0 saturated carbocycles. The van der Waals surface area contributed by atoms with Gasteiger partial charge in [0.1, 0.15) is 15.7 Å². The molecule has 0 aliphatic carbocycles. The van der Waals surface area contributed by atoms with Gasteiger partial charge in [-0.2, -0.15) is 0 Å². The van der Waals surface area contributed by atoms with Crippen LogP contribution in [0.25, 0.3) is 10.7 Å². The summed E-state index contributed by atoms with van der Waals surface area (Å²) in [6.07, 6.45) is 1.69. The molecule has 3 aromatic rings. The molecule has 0 unspecified atom stereocenters. The van der Waals surface area contributed by atoms with Crippen LogP contribution in [0.4, 0.5) is 4.39 Å². The second-order valence-corrected chi connectivity index (χ2v) is 8.26. The van der Waals surface area contributed by atoms with Crippen LogP contribution in [-0.2, 0) is 0 Å². The molecular formula is C21H18ClFN4O2S. The van der Waals surface area contributed by atoms with E-state index in [-0.39, 0.29) is 22.4 Å². The Morgan fingerprint density at radius 1 is 1.07 bits per heavy atom. The number of hydrogen-bond acceptors (Lipinski definition) is 5. The van der Waals surface area contributed by atoms with E-state index in [1.54, 1.807) is 16.0 Å². The average molecular weight is 445 g/mol. The van der Waals surface area contributed by atoms with Gasteiger partial charge < -0.3 is 9.80 Å². The highest BCUT2D eigenvalue weighted by atomic mass is 35.5. The number of thiazole rings is 1. The van der Waals surface area contributed by atoms with Gasteiger partial charge in [0.05, 0.1) is 22.0 Å². The molecule has 30 heavy (non-hydrogen) atoms. The Labute approximate surface area is 181 Å². The van der Waals surface area contributed by atoms with Crippen molar-refractivity contribution in [1.82, 2.24) is 19.8 Å². The molecule has 1 aliphatic rings. The van der Waals surface area contributed by atoms with Crippen LogP contribution in [-0.4, -0.2) is 57.8 Å². The van der Waals surface area contributed by atoms with Gasteiger partial charge in [-0.25, -0.2) is 9.37 Å². The number of hydrogen-bond donors (Lipinski definition) is 0. The van der Waals surface area contributed by atoms with E-state index in [4.69, 9.17) is 11.6 Å². The van der Waals surface area contributed by atoms with Crippen molar-refractivity contribution < 1.29 is 14.0 Å². The van der Waals surface area contributed by atoms with Crippen molar-refractivity contribution in [3.05, 3.63) is 69.6 Å². The molecule has 154 valence electrons.